The highest BCUT2D eigenvalue weighted by atomic mass is 19.2. The van der Waals surface area contributed by atoms with Gasteiger partial charge in [0.15, 0.2) is 17.3 Å². The fraction of sp³-hybridized carbons (Fsp3) is 0.250. The summed E-state index contributed by atoms with van der Waals surface area (Å²) in [4.78, 5) is 11.0. The quantitative estimate of drug-likeness (QED) is 0.922. The number of hydrogen-bond donors (Lipinski definition) is 1. The molecule has 2 rings (SSSR count). The molecule has 0 aliphatic carbocycles. The maximum atomic E-state index is 13.7. The molecule has 0 radical (unpaired) electrons. The number of aromatic nitrogens is 3. The van der Waals surface area contributed by atoms with Crippen LogP contribution in [0.5, 0.6) is 0 Å². The van der Waals surface area contributed by atoms with Gasteiger partial charge in [0, 0.05) is 0 Å². The molecule has 1 aromatic carbocycles. The van der Waals surface area contributed by atoms with Crippen molar-refractivity contribution in [3.8, 4) is 5.69 Å². The normalized spacial score (nSPS) is 10.7. The van der Waals surface area contributed by atoms with Crippen LogP contribution in [0.2, 0.25) is 0 Å². The zero-order chi connectivity index (χ0) is 14.0. The van der Waals surface area contributed by atoms with Crippen molar-refractivity contribution in [2.24, 2.45) is 0 Å². The fourth-order valence-corrected chi connectivity index (χ4v) is 1.78. The molecule has 0 saturated heterocycles. The molecule has 0 atom stereocenters. The molecule has 0 aliphatic heterocycles. The summed E-state index contributed by atoms with van der Waals surface area (Å²) in [7, 11) is 0. The van der Waals surface area contributed by atoms with Gasteiger partial charge in [0.2, 0.25) is 0 Å². The Kier molecular flexibility index (Phi) is 3.55. The van der Waals surface area contributed by atoms with Gasteiger partial charge in [-0.2, -0.15) is 0 Å². The van der Waals surface area contributed by atoms with Gasteiger partial charge in [-0.1, -0.05) is 24.6 Å². The summed E-state index contributed by atoms with van der Waals surface area (Å²) in [5.41, 5.74) is -0.145. The molecule has 0 aliphatic rings. The number of carboxylic acid groups (broad SMARTS) is 1. The number of benzene rings is 1. The largest absolute Gasteiger partial charge is 0.476 e. The zero-order valence-electron chi connectivity index (χ0n) is 10.1. The molecule has 1 aromatic heterocycles. The summed E-state index contributed by atoms with van der Waals surface area (Å²) in [6, 6.07) is 3.62. The molecule has 5 nitrogen and oxygen atoms in total. The molecule has 19 heavy (non-hydrogen) atoms. The van der Waals surface area contributed by atoms with Crippen LogP contribution in [0.15, 0.2) is 18.2 Å². The van der Waals surface area contributed by atoms with E-state index in [0.717, 1.165) is 10.7 Å². The van der Waals surface area contributed by atoms with E-state index in [2.05, 4.69) is 10.3 Å². The predicted octanol–water partition coefficient (Wildman–Crippen LogP) is 2.20. The van der Waals surface area contributed by atoms with Gasteiger partial charge >= 0.3 is 5.97 Å². The maximum Gasteiger partial charge on any atom is 0.358 e. The second-order valence-electron chi connectivity index (χ2n) is 3.92. The fourth-order valence-electron chi connectivity index (χ4n) is 1.78. The highest BCUT2D eigenvalue weighted by Crippen LogP contribution is 2.19. The first-order chi connectivity index (χ1) is 9.06. The Morgan fingerprint density at radius 1 is 1.42 bits per heavy atom. The Bertz CT molecular complexity index is 625. The molecule has 2 aromatic rings. The van der Waals surface area contributed by atoms with Crippen molar-refractivity contribution in [3.63, 3.8) is 0 Å². The van der Waals surface area contributed by atoms with Crippen LogP contribution in [0.3, 0.4) is 0 Å². The molecule has 7 heteroatoms. The maximum absolute atomic E-state index is 13.7. The van der Waals surface area contributed by atoms with Crippen molar-refractivity contribution >= 4 is 5.97 Å². The Morgan fingerprint density at radius 2 is 2.16 bits per heavy atom. The van der Waals surface area contributed by atoms with Crippen LogP contribution >= 0.6 is 0 Å². The van der Waals surface area contributed by atoms with Crippen LogP contribution in [-0.4, -0.2) is 26.1 Å². The van der Waals surface area contributed by atoms with Crippen LogP contribution in [-0.2, 0) is 6.42 Å². The van der Waals surface area contributed by atoms with Crippen molar-refractivity contribution in [1.82, 2.24) is 15.0 Å². The highest BCUT2D eigenvalue weighted by molar-refractivity contribution is 5.86. The molecule has 100 valence electrons. The average Bonchev–Trinajstić information content (AvgIpc) is 2.77. The third-order valence-corrected chi connectivity index (χ3v) is 2.61. The Balaban J connectivity index is 2.62. The first-order valence-electron chi connectivity index (χ1n) is 5.68. The minimum Gasteiger partial charge on any atom is -0.476 e. The molecule has 0 unspecified atom stereocenters. The molecule has 1 N–H and O–H groups in total. The highest BCUT2D eigenvalue weighted by Gasteiger charge is 2.21. The number of aromatic carboxylic acids is 1. The van der Waals surface area contributed by atoms with E-state index in [9.17, 15) is 13.6 Å². The standard InChI is InChI=1S/C12H11F2N3O2/c1-2-4-9-11(12(18)19)15-16-17(9)8-6-3-5-7(13)10(8)14/h3,5-6H,2,4H2,1H3,(H,18,19). The van der Waals surface area contributed by atoms with E-state index in [1.54, 1.807) is 0 Å². The SMILES string of the molecule is CCCc1c(C(=O)O)nnn1-c1cccc(F)c1F. The number of nitrogens with zero attached hydrogens (tertiary/aromatic N) is 3. The monoisotopic (exact) mass is 267 g/mol. The number of carboxylic acids is 1. The zero-order valence-corrected chi connectivity index (χ0v) is 10.1. The van der Waals surface area contributed by atoms with Crippen molar-refractivity contribution in [2.45, 2.75) is 19.8 Å². The Labute approximate surface area is 107 Å². The number of hydrogen-bond acceptors (Lipinski definition) is 3. The first-order valence-corrected chi connectivity index (χ1v) is 5.68. The van der Waals surface area contributed by atoms with E-state index < -0.39 is 17.6 Å². The van der Waals surface area contributed by atoms with Gasteiger partial charge in [0.25, 0.3) is 0 Å². The lowest BCUT2D eigenvalue weighted by atomic mass is 10.2. The van der Waals surface area contributed by atoms with Crippen molar-refractivity contribution in [1.29, 1.82) is 0 Å². The van der Waals surface area contributed by atoms with Crippen LogP contribution < -0.4 is 0 Å². The number of carbonyl (C=O) groups is 1. The van der Waals surface area contributed by atoms with E-state index in [1.807, 2.05) is 6.92 Å². The molecule has 0 fully saturated rings. The number of rotatable bonds is 4. The minimum absolute atomic E-state index is 0.150. The molecule has 0 bridgehead atoms. The topological polar surface area (TPSA) is 68.0 Å². The smallest absolute Gasteiger partial charge is 0.358 e. The lowest BCUT2D eigenvalue weighted by Gasteiger charge is -2.07. The van der Waals surface area contributed by atoms with E-state index in [4.69, 9.17) is 5.11 Å². The van der Waals surface area contributed by atoms with Crippen LogP contribution in [0.1, 0.15) is 29.5 Å². The molecular weight excluding hydrogens is 256 g/mol. The van der Waals surface area contributed by atoms with E-state index in [1.165, 1.54) is 12.1 Å². The Hall–Kier alpha value is -2.31. The first kappa shape index (κ1) is 13.1. The summed E-state index contributed by atoms with van der Waals surface area (Å²) >= 11 is 0. The molecule has 0 spiro atoms. The van der Waals surface area contributed by atoms with Crippen LogP contribution in [0.25, 0.3) is 5.69 Å². The summed E-state index contributed by atoms with van der Waals surface area (Å²) in [5.74, 6) is -3.35. The van der Waals surface area contributed by atoms with Gasteiger partial charge in [0.1, 0.15) is 5.69 Å². The second kappa shape index (κ2) is 5.13. The summed E-state index contributed by atoms with van der Waals surface area (Å²) in [6.07, 6.45) is 0.981. The van der Waals surface area contributed by atoms with E-state index in [-0.39, 0.29) is 17.1 Å². The third-order valence-electron chi connectivity index (χ3n) is 2.61. The molecule has 0 amide bonds. The van der Waals surface area contributed by atoms with Crippen molar-refractivity contribution in [2.75, 3.05) is 0 Å². The summed E-state index contributed by atoms with van der Waals surface area (Å²) in [6.45, 7) is 1.84. The average molecular weight is 267 g/mol. The summed E-state index contributed by atoms with van der Waals surface area (Å²) in [5, 5.41) is 16.1. The molecule has 1 heterocycles. The third kappa shape index (κ3) is 2.31. The summed E-state index contributed by atoms with van der Waals surface area (Å²) < 4.78 is 27.9. The van der Waals surface area contributed by atoms with E-state index >= 15 is 0 Å². The van der Waals surface area contributed by atoms with Gasteiger partial charge in [0.05, 0.1) is 5.69 Å². The van der Waals surface area contributed by atoms with Gasteiger partial charge < -0.3 is 5.11 Å². The molecule has 0 saturated carbocycles. The predicted molar refractivity (Wildman–Crippen MR) is 62.2 cm³/mol. The lowest BCUT2D eigenvalue weighted by Crippen LogP contribution is -2.08. The van der Waals surface area contributed by atoms with Gasteiger partial charge in [-0.3, -0.25) is 0 Å². The number of halogens is 2. The van der Waals surface area contributed by atoms with Crippen molar-refractivity contribution < 1.29 is 18.7 Å². The van der Waals surface area contributed by atoms with E-state index in [0.29, 0.717) is 12.8 Å². The van der Waals surface area contributed by atoms with Gasteiger partial charge in [-0.25, -0.2) is 18.3 Å². The second-order valence-corrected chi connectivity index (χ2v) is 3.92. The van der Waals surface area contributed by atoms with Gasteiger partial charge in [-0.05, 0) is 18.6 Å². The Morgan fingerprint density at radius 3 is 2.79 bits per heavy atom. The lowest BCUT2D eigenvalue weighted by molar-refractivity contribution is 0.0689. The van der Waals surface area contributed by atoms with Crippen LogP contribution in [0.4, 0.5) is 8.78 Å². The minimum atomic E-state index is -1.24. The van der Waals surface area contributed by atoms with Crippen LogP contribution in [0, 0.1) is 11.6 Å². The molecular formula is C12H11F2N3O2. The van der Waals surface area contributed by atoms with Gasteiger partial charge in [-0.15, -0.1) is 5.10 Å². The van der Waals surface area contributed by atoms with Crippen molar-refractivity contribution in [3.05, 3.63) is 41.2 Å².